The van der Waals surface area contributed by atoms with Gasteiger partial charge in [0, 0.05) is 49.3 Å². The fourth-order valence-electron chi connectivity index (χ4n) is 4.42. The second-order valence-electron chi connectivity index (χ2n) is 10.1. The highest BCUT2D eigenvalue weighted by Crippen LogP contribution is 2.41. The molecule has 10 heteroatoms. The Hall–Kier alpha value is -3.34. The predicted molar refractivity (Wildman–Crippen MR) is 141 cm³/mol. The summed E-state index contributed by atoms with van der Waals surface area (Å²) in [7, 11) is 0. The average Bonchev–Trinajstić information content (AvgIpc) is 3.85. The molecule has 5 rings (SSSR count). The fraction of sp³-hybridized carbons (Fsp3) is 0.462. The second kappa shape index (κ2) is 9.96. The number of nitrogens with two attached hydrogens (primary N) is 2. The monoisotopic (exact) mass is 492 g/mol. The predicted octanol–water partition coefficient (Wildman–Crippen LogP) is 2.56. The number of hydrazine groups is 2. The van der Waals surface area contributed by atoms with Crippen LogP contribution in [0.1, 0.15) is 43.9 Å². The molecule has 3 fully saturated rings. The van der Waals surface area contributed by atoms with Gasteiger partial charge in [0.05, 0.1) is 11.4 Å². The van der Waals surface area contributed by atoms with Crippen LogP contribution in [-0.2, 0) is 4.74 Å². The number of nitrogens with zero attached hydrogens (tertiary/aromatic N) is 4. The molecule has 1 aromatic carbocycles. The topological polar surface area (TPSA) is 127 Å². The zero-order chi connectivity index (χ0) is 25.3. The third-order valence-electron chi connectivity index (χ3n) is 7.19. The van der Waals surface area contributed by atoms with Crippen molar-refractivity contribution in [3.63, 3.8) is 0 Å². The Balaban J connectivity index is 1.25. The van der Waals surface area contributed by atoms with Gasteiger partial charge >= 0.3 is 0 Å². The number of piperazine rings is 1. The third kappa shape index (κ3) is 5.40. The number of aromatic nitrogens is 2. The SMILES string of the molecule is C=C(c1cc(N2CCN(C(=C)O[C@@H](NN)C3CC3)CC2)ncn1)c1cc(OC2(C)CC2)ccc1NN. The summed E-state index contributed by atoms with van der Waals surface area (Å²) in [4.78, 5) is 13.4. The summed E-state index contributed by atoms with van der Waals surface area (Å²) >= 11 is 0. The van der Waals surface area contributed by atoms with Crippen molar-refractivity contribution >= 4 is 17.1 Å². The summed E-state index contributed by atoms with van der Waals surface area (Å²) in [6.45, 7) is 13.7. The van der Waals surface area contributed by atoms with E-state index in [1.807, 2.05) is 24.3 Å². The number of hydrogen-bond donors (Lipinski definition) is 4. The van der Waals surface area contributed by atoms with Gasteiger partial charge in [0.25, 0.3) is 0 Å². The molecule has 1 aromatic heterocycles. The van der Waals surface area contributed by atoms with E-state index >= 15 is 0 Å². The number of rotatable bonds is 11. The first-order valence-electron chi connectivity index (χ1n) is 12.5. The molecule has 6 N–H and O–H groups in total. The van der Waals surface area contributed by atoms with Crippen LogP contribution in [0.3, 0.4) is 0 Å². The highest BCUT2D eigenvalue weighted by molar-refractivity contribution is 5.84. The van der Waals surface area contributed by atoms with E-state index in [2.05, 4.69) is 50.7 Å². The lowest BCUT2D eigenvalue weighted by molar-refractivity contribution is 0.0166. The lowest BCUT2D eigenvalue weighted by Gasteiger charge is -2.37. The molecule has 36 heavy (non-hydrogen) atoms. The van der Waals surface area contributed by atoms with Gasteiger partial charge in [-0.25, -0.2) is 15.4 Å². The van der Waals surface area contributed by atoms with Crippen molar-refractivity contribution in [2.45, 2.75) is 44.4 Å². The maximum atomic E-state index is 6.15. The molecular formula is C26H36N8O2. The van der Waals surface area contributed by atoms with Crippen LogP contribution in [0.4, 0.5) is 11.5 Å². The van der Waals surface area contributed by atoms with E-state index in [0.717, 1.165) is 85.9 Å². The Kier molecular flexibility index (Phi) is 6.74. The zero-order valence-corrected chi connectivity index (χ0v) is 20.9. The standard InChI is InChI=1S/C26H36N8O2/c1-17(21-14-20(6-7-22(21)31-27)36-26(3)8-9-26)23-15-24(30-16-29-23)34-12-10-33(11-13-34)18(2)35-25(32-28)19-4-5-19/h6-7,14-16,19,25,31-32H,1-2,4-5,8-13,27-28H2,3H3/t25-/m1/s1. The molecule has 1 atom stereocenters. The lowest BCUT2D eigenvalue weighted by Crippen LogP contribution is -2.48. The Labute approximate surface area is 212 Å². The van der Waals surface area contributed by atoms with Crippen molar-refractivity contribution in [1.29, 1.82) is 0 Å². The van der Waals surface area contributed by atoms with Crippen molar-refractivity contribution in [2.75, 3.05) is 36.5 Å². The van der Waals surface area contributed by atoms with Crippen molar-refractivity contribution < 1.29 is 9.47 Å². The minimum Gasteiger partial charge on any atom is -0.488 e. The number of nitrogen functional groups attached to an aromatic ring is 1. The number of anilines is 2. The summed E-state index contributed by atoms with van der Waals surface area (Å²) in [5, 5.41) is 0. The number of benzene rings is 1. The maximum Gasteiger partial charge on any atom is 0.184 e. The van der Waals surface area contributed by atoms with Gasteiger partial charge in [0.1, 0.15) is 23.5 Å². The first-order chi connectivity index (χ1) is 17.4. The van der Waals surface area contributed by atoms with E-state index in [0.29, 0.717) is 11.8 Å². The van der Waals surface area contributed by atoms with Crippen molar-refractivity contribution in [3.05, 3.63) is 60.9 Å². The van der Waals surface area contributed by atoms with Gasteiger partial charge in [-0.05, 0) is 57.4 Å². The molecule has 10 nitrogen and oxygen atoms in total. The van der Waals surface area contributed by atoms with Crippen LogP contribution in [0.5, 0.6) is 5.75 Å². The van der Waals surface area contributed by atoms with Crippen LogP contribution >= 0.6 is 0 Å². The third-order valence-corrected chi connectivity index (χ3v) is 7.19. The smallest absolute Gasteiger partial charge is 0.184 e. The summed E-state index contributed by atoms with van der Waals surface area (Å²) in [5.41, 5.74) is 8.55. The fourth-order valence-corrected chi connectivity index (χ4v) is 4.42. The molecule has 1 aliphatic heterocycles. The molecule has 2 aliphatic carbocycles. The number of nitrogens with one attached hydrogen (secondary N) is 2. The van der Waals surface area contributed by atoms with Crippen molar-refractivity contribution in [2.24, 2.45) is 17.6 Å². The average molecular weight is 493 g/mol. The van der Waals surface area contributed by atoms with Gasteiger partial charge in [0.2, 0.25) is 0 Å². The minimum atomic E-state index is -0.171. The maximum absolute atomic E-state index is 6.15. The Morgan fingerprint density at radius 2 is 1.86 bits per heavy atom. The molecular weight excluding hydrogens is 456 g/mol. The molecule has 2 aromatic rings. The van der Waals surface area contributed by atoms with Gasteiger partial charge < -0.3 is 24.7 Å². The highest BCUT2D eigenvalue weighted by Gasteiger charge is 2.40. The summed E-state index contributed by atoms with van der Waals surface area (Å²) in [5.74, 6) is 14.2. The summed E-state index contributed by atoms with van der Waals surface area (Å²) < 4.78 is 12.1. The largest absolute Gasteiger partial charge is 0.488 e. The number of ether oxygens (including phenoxy) is 2. The van der Waals surface area contributed by atoms with E-state index in [-0.39, 0.29) is 11.8 Å². The molecule has 1 saturated heterocycles. The molecule has 192 valence electrons. The molecule has 0 amide bonds. The van der Waals surface area contributed by atoms with Gasteiger partial charge in [-0.1, -0.05) is 6.58 Å². The molecule has 2 saturated carbocycles. The molecule has 0 spiro atoms. The van der Waals surface area contributed by atoms with Crippen LogP contribution < -0.4 is 32.2 Å². The van der Waals surface area contributed by atoms with Gasteiger partial charge in [-0.3, -0.25) is 11.7 Å². The second-order valence-corrected chi connectivity index (χ2v) is 10.1. The van der Waals surface area contributed by atoms with Gasteiger partial charge in [-0.15, -0.1) is 0 Å². The highest BCUT2D eigenvalue weighted by atomic mass is 16.5. The molecule has 2 heterocycles. The molecule has 0 unspecified atom stereocenters. The first-order valence-corrected chi connectivity index (χ1v) is 12.5. The Morgan fingerprint density at radius 3 is 2.50 bits per heavy atom. The normalized spacial score (nSPS) is 19.4. The number of hydrogen-bond acceptors (Lipinski definition) is 10. The van der Waals surface area contributed by atoms with E-state index in [4.69, 9.17) is 21.2 Å². The molecule has 0 bridgehead atoms. The van der Waals surface area contributed by atoms with Crippen LogP contribution in [0.15, 0.2) is 49.6 Å². The van der Waals surface area contributed by atoms with Crippen LogP contribution in [0.2, 0.25) is 0 Å². The van der Waals surface area contributed by atoms with E-state index < -0.39 is 0 Å². The van der Waals surface area contributed by atoms with E-state index in [9.17, 15) is 0 Å². The summed E-state index contributed by atoms with van der Waals surface area (Å²) in [6, 6.07) is 7.78. The molecule has 0 radical (unpaired) electrons. The lowest BCUT2D eigenvalue weighted by atomic mass is 10.0. The Bertz CT molecular complexity index is 1120. The van der Waals surface area contributed by atoms with Crippen molar-refractivity contribution in [1.82, 2.24) is 20.3 Å². The minimum absolute atomic E-state index is 0.0729. The van der Waals surface area contributed by atoms with Crippen LogP contribution in [-0.4, -0.2) is 52.9 Å². The molecule has 3 aliphatic rings. The van der Waals surface area contributed by atoms with E-state index in [1.54, 1.807) is 6.33 Å². The van der Waals surface area contributed by atoms with E-state index in [1.165, 1.54) is 0 Å². The van der Waals surface area contributed by atoms with Gasteiger partial charge in [0.15, 0.2) is 12.1 Å². The zero-order valence-electron chi connectivity index (χ0n) is 20.9. The van der Waals surface area contributed by atoms with Gasteiger partial charge in [-0.2, -0.15) is 0 Å². The first kappa shape index (κ1) is 24.4. The van der Waals surface area contributed by atoms with Crippen molar-refractivity contribution in [3.8, 4) is 5.75 Å². The summed E-state index contributed by atoms with van der Waals surface area (Å²) in [6.07, 6.45) is 5.81. The quantitative estimate of drug-likeness (QED) is 0.161. The Morgan fingerprint density at radius 1 is 1.11 bits per heavy atom. The van der Waals surface area contributed by atoms with Crippen LogP contribution in [0.25, 0.3) is 5.57 Å². The van der Waals surface area contributed by atoms with Crippen LogP contribution in [0, 0.1) is 5.92 Å².